The molecule has 162 valence electrons. The minimum absolute atomic E-state index is 0.162. The highest BCUT2D eigenvalue weighted by Gasteiger charge is 2.51. The molecule has 2 aromatic rings. The quantitative estimate of drug-likeness (QED) is 0.748. The molecule has 1 amide bonds. The molecule has 1 aliphatic heterocycles. The fraction of sp³-hybridized carbons (Fsp3) is 0.591. The molecule has 0 atom stereocenters. The third kappa shape index (κ3) is 3.87. The summed E-state index contributed by atoms with van der Waals surface area (Å²) in [6.07, 6.45) is 0.0266. The zero-order valence-corrected chi connectivity index (χ0v) is 18.1. The van der Waals surface area contributed by atoms with Crippen molar-refractivity contribution in [3.8, 4) is 0 Å². The van der Waals surface area contributed by atoms with E-state index < -0.39 is 35.7 Å². The average Bonchev–Trinajstić information content (AvgIpc) is 3.15. The number of rotatable bonds is 3. The maximum absolute atomic E-state index is 13.5. The van der Waals surface area contributed by atoms with E-state index in [9.17, 15) is 13.6 Å². The summed E-state index contributed by atoms with van der Waals surface area (Å²) >= 11 is 0. The fourth-order valence-electron chi connectivity index (χ4n) is 3.91. The second-order valence-corrected chi connectivity index (χ2v) is 9.87. The smallest absolute Gasteiger partial charge is 0.451 e. The Balaban J connectivity index is 1.51. The number of fused-ring (bicyclic) bond motifs is 1. The van der Waals surface area contributed by atoms with Gasteiger partial charge in [-0.05, 0) is 65.1 Å². The maximum Gasteiger partial charge on any atom is 0.494 e. The standard InChI is InChI=1S/C22H28BF2NO4/c1-19(2)20(3,4)30-23(29-19)15-7-6-14-12-17(28-16(14)13-15)18(27)26-21(5)8-10-22(24,25)11-9-21/h6-7,12-13H,8-11H2,1-5H3,(H,26,27). The molecule has 1 saturated heterocycles. The summed E-state index contributed by atoms with van der Waals surface area (Å²) in [5.41, 5.74) is -0.206. The van der Waals surface area contributed by atoms with Crippen molar-refractivity contribution < 1.29 is 27.3 Å². The summed E-state index contributed by atoms with van der Waals surface area (Å²) in [5.74, 6) is -2.88. The van der Waals surface area contributed by atoms with Gasteiger partial charge in [-0.2, -0.15) is 0 Å². The number of hydrogen-bond acceptors (Lipinski definition) is 4. The van der Waals surface area contributed by atoms with E-state index >= 15 is 0 Å². The van der Waals surface area contributed by atoms with Gasteiger partial charge in [0.2, 0.25) is 5.92 Å². The van der Waals surface area contributed by atoms with Crippen molar-refractivity contribution in [3.05, 3.63) is 30.0 Å². The summed E-state index contributed by atoms with van der Waals surface area (Å²) in [6.45, 7) is 9.76. The van der Waals surface area contributed by atoms with Crippen LogP contribution in [0.5, 0.6) is 0 Å². The van der Waals surface area contributed by atoms with Crippen LogP contribution in [0.4, 0.5) is 8.78 Å². The predicted molar refractivity (Wildman–Crippen MR) is 111 cm³/mol. The first-order chi connectivity index (χ1) is 13.8. The summed E-state index contributed by atoms with van der Waals surface area (Å²) in [7, 11) is -0.524. The Hall–Kier alpha value is -1.93. The van der Waals surface area contributed by atoms with Gasteiger partial charge in [0.15, 0.2) is 5.76 Å². The average molecular weight is 419 g/mol. The monoisotopic (exact) mass is 419 g/mol. The Labute approximate surface area is 175 Å². The summed E-state index contributed by atoms with van der Waals surface area (Å²) in [4.78, 5) is 12.7. The van der Waals surface area contributed by atoms with Crippen LogP contribution in [0, 0.1) is 0 Å². The highest BCUT2D eigenvalue weighted by Crippen LogP contribution is 2.39. The summed E-state index contributed by atoms with van der Waals surface area (Å²) in [6, 6.07) is 7.24. The zero-order valence-electron chi connectivity index (χ0n) is 18.1. The molecule has 5 nitrogen and oxygen atoms in total. The van der Waals surface area contributed by atoms with Gasteiger partial charge in [-0.1, -0.05) is 12.1 Å². The molecule has 1 saturated carbocycles. The van der Waals surface area contributed by atoms with E-state index in [0.717, 1.165) is 10.8 Å². The molecule has 1 aliphatic carbocycles. The van der Waals surface area contributed by atoms with Crippen LogP contribution in [0.1, 0.15) is 70.9 Å². The Morgan fingerprint density at radius 3 is 2.17 bits per heavy atom. The second kappa shape index (κ2) is 6.79. The third-order valence-corrected chi connectivity index (χ3v) is 6.79. The maximum atomic E-state index is 13.5. The summed E-state index contributed by atoms with van der Waals surface area (Å²) < 4.78 is 44.9. The van der Waals surface area contributed by atoms with Crippen LogP contribution in [0.3, 0.4) is 0 Å². The molecule has 2 fully saturated rings. The van der Waals surface area contributed by atoms with Gasteiger partial charge in [0.05, 0.1) is 11.2 Å². The minimum atomic E-state index is -2.65. The SMILES string of the molecule is CC1(NC(=O)c2cc3ccc(B4OC(C)(C)C(C)(C)O4)cc3o2)CCC(F)(F)CC1. The predicted octanol–water partition coefficient (Wildman–Crippen LogP) is 4.43. The lowest BCUT2D eigenvalue weighted by Gasteiger charge is -2.37. The topological polar surface area (TPSA) is 60.7 Å². The van der Waals surface area contributed by atoms with Crippen molar-refractivity contribution in [2.75, 3.05) is 0 Å². The number of benzene rings is 1. The van der Waals surface area contributed by atoms with Gasteiger partial charge in [0.25, 0.3) is 5.91 Å². The molecule has 1 N–H and O–H groups in total. The normalized spacial score (nSPS) is 24.2. The van der Waals surface area contributed by atoms with Crippen molar-refractivity contribution in [1.82, 2.24) is 5.32 Å². The van der Waals surface area contributed by atoms with Gasteiger partial charge in [-0.25, -0.2) is 8.78 Å². The highest BCUT2D eigenvalue weighted by molar-refractivity contribution is 6.62. The van der Waals surface area contributed by atoms with E-state index in [2.05, 4.69) is 5.32 Å². The van der Waals surface area contributed by atoms with E-state index in [1.54, 1.807) is 13.0 Å². The van der Waals surface area contributed by atoms with E-state index in [4.69, 9.17) is 13.7 Å². The number of amides is 1. The molecule has 8 heteroatoms. The van der Waals surface area contributed by atoms with E-state index in [1.807, 2.05) is 45.9 Å². The van der Waals surface area contributed by atoms with Crippen molar-refractivity contribution in [2.24, 2.45) is 0 Å². The first-order valence-corrected chi connectivity index (χ1v) is 10.4. The van der Waals surface area contributed by atoms with Crippen LogP contribution >= 0.6 is 0 Å². The van der Waals surface area contributed by atoms with Crippen molar-refractivity contribution in [1.29, 1.82) is 0 Å². The summed E-state index contributed by atoms with van der Waals surface area (Å²) in [5, 5.41) is 3.66. The number of carbonyl (C=O) groups excluding carboxylic acids is 1. The van der Waals surface area contributed by atoms with E-state index in [1.165, 1.54) is 0 Å². The first kappa shape index (κ1) is 21.3. The highest BCUT2D eigenvalue weighted by atomic mass is 19.3. The molecule has 4 rings (SSSR count). The van der Waals surface area contributed by atoms with Crippen molar-refractivity contribution in [2.45, 2.75) is 83.0 Å². The number of alkyl halides is 2. The van der Waals surface area contributed by atoms with Crippen molar-refractivity contribution in [3.63, 3.8) is 0 Å². The van der Waals surface area contributed by atoms with Crippen LogP contribution in [0.15, 0.2) is 28.7 Å². The van der Waals surface area contributed by atoms with Gasteiger partial charge in [0, 0.05) is 23.8 Å². The van der Waals surface area contributed by atoms with Crippen LogP contribution in [0.25, 0.3) is 11.0 Å². The van der Waals surface area contributed by atoms with Gasteiger partial charge < -0.3 is 19.0 Å². The zero-order chi connectivity index (χ0) is 21.9. The Morgan fingerprint density at radius 1 is 0.967 bits per heavy atom. The second-order valence-electron chi connectivity index (χ2n) is 9.87. The third-order valence-electron chi connectivity index (χ3n) is 6.79. The van der Waals surface area contributed by atoms with Gasteiger partial charge in [0.1, 0.15) is 5.58 Å². The van der Waals surface area contributed by atoms with Crippen LogP contribution in [-0.4, -0.2) is 35.7 Å². The first-order valence-electron chi connectivity index (χ1n) is 10.4. The lowest BCUT2D eigenvalue weighted by molar-refractivity contribution is -0.0523. The molecule has 2 heterocycles. The van der Waals surface area contributed by atoms with Gasteiger partial charge >= 0.3 is 7.12 Å². The lowest BCUT2D eigenvalue weighted by Crippen LogP contribution is -2.50. The molecule has 0 bridgehead atoms. The molecule has 30 heavy (non-hydrogen) atoms. The number of hydrogen-bond donors (Lipinski definition) is 1. The lowest BCUT2D eigenvalue weighted by atomic mass is 9.79. The molecule has 2 aliphatic rings. The number of halogens is 2. The van der Waals surface area contributed by atoms with Crippen LogP contribution in [0.2, 0.25) is 0 Å². The fourth-order valence-corrected chi connectivity index (χ4v) is 3.91. The van der Waals surface area contributed by atoms with Crippen LogP contribution in [-0.2, 0) is 9.31 Å². The largest absolute Gasteiger partial charge is 0.494 e. The van der Waals surface area contributed by atoms with E-state index in [0.29, 0.717) is 5.58 Å². The molecule has 0 radical (unpaired) electrons. The Morgan fingerprint density at radius 2 is 1.57 bits per heavy atom. The number of nitrogens with one attached hydrogen (secondary N) is 1. The Bertz CT molecular complexity index is 959. The van der Waals surface area contributed by atoms with Gasteiger partial charge in [-0.3, -0.25) is 4.79 Å². The van der Waals surface area contributed by atoms with Crippen molar-refractivity contribution >= 4 is 29.5 Å². The Kier molecular flexibility index (Phi) is 4.82. The van der Waals surface area contributed by atoms with E-state index in [-0.39, 0.29) is 31.4 Å². The van der Waals surface area contributed by atoms with Crippen LogP contribution < -0.4 is 10.8 Å². The molecule has 1 aromatic heterocycles. The molecule has 0 spiro atoms. The number of furan rings is 1. The molecular weight excluding hydrogens is 391 g/mol. The van der Waals surface area contributed by atoms with Gasteiger partial charge in [-0.15, -0.1) is 0 Å². The minimum Gasteiger partial charge on any atom is -0.451 e. The molecule has 1 aromatic carbocycles. The molecule has 0 unspecified atom stereocenters. The molecular formula is C22H28BF2NO4. The number of carbonyl (C=O) groups is 1.